The molecule has 3 N–H and O–H groups in total. The normalized spacial score (nSPS) is 15.1. The third-order valence-electron chi connectivity index (χ3n) is 3.03. The van der Waals surface area contributed by atoms with Crippen molar-refractivity contribution in [2.45, 2.75) is 32.2 Å². The summed E-state index contributed by atoms with van der Waals surface area (Å²) in [4.78, 5) is 11.6. The van der Waals surface area contributed by atoms with Crippen LogP contribution in [0.25, 0.3) is 0 Å². The molecule has 0 radical (unpaired) electrons. The van der Waals surface area contributed by atoms with Gasteiger partial charge in [-0.15, -0.1) is 0 Å². The van der Waals surface area contributed by atoms with Gasteiger partial charge in [-0.3, -0.25) is 0 Å². The van der Waals surface area contributed by atoms with Crippen molar-refractivity contribution in [1.82, 2.24) is 0 Å². The molecule has 0 amide bonds. The Kier molecular flexibility index (Phi) is 3.52. The fourth-order valence-electron chi connectivity index (χ4n) is 1.80. The largest absolute Gasteiger partial charge is 0.462 e. The summed E-state index contributed by atoms with van der Waals surface area (Å²) in [6.07, 6.45) is 3.60. The zero-order valence-electron chi connectivity index (χ0n) is 10.0. The monoisotopic (exact) mass is 234 g/mol. The summed E-state index contributed by atoms with van der Waals surface area (Å²) in [6.45, 7) is 2.18. The molecule has 1 aliphatic carbocycles. The number of nitrogen functional groups attached to an aromatic ring is 1. The van der Waals surface area contributed by atoms with Crippen LogP contribution in [0, 0.1) is 0 Å². The summed E-state index contributed by atoms with van der Waals surface area (Å²) in [5.41, 5.74) is 7.93. The fraction of sp³-hybridized carbons (Fsp3) is 0.462. The first-order valence-electron chi connectivity index (χ1n) is 6.04. The van der Waals surface area contributed by atoms with E-state index in [1.165, 1.54) is 19.3 Å². The second-order valence-electron chi connectivity index (χ2n) is 4.29. The Hall–Kier alpha value is -1.71. The molecule has 1 saturated carbocycles. The zero-order chi connectivity index (χ0) is 12.3. The van der Waals surface area contributed by atoms with Crippen molar-refractivity contribution < 1.29 is 9.53 Å². The highest BCUT2D eigenvalue weighted by atomic mass is 16.5. The third-order valence-corrected chi connectivity index (χ3v) is 3.03. The summed E-state index contributed by atoms with van der Waals surface area (Å²) in [6, 6.07) is 5.70. The van der Waals surface area contributed by atoms with Gasteiger partial charge in [-0.05, 0) is 44.4 Å². The van der Waals surface area contributed by atoms with Crippen LogP contribution in [0.5, 0.6) is 0 Å². The Balaban J connectivity index is 2.13. The van der Waals surface area contributed by atoms with Crippen molar-refractivity contribution in [3.63, 3.8) is 0 Å². The second-order valence-corrected chi connectivity index (χ2v) is 4.29. The van der Waals surface area contributed by atoms with Crippen LogP contribution in [0.2, 0.25) is 0 Å². The van der Waals surface area contributed by atoms with Gasteiger partial charge in [-0.2, -0.15) is 0 Å². The van der Waals surface area contributed by atoms with Crippen LogP contribution < -0.4 is 11.1 Å². The number of ether oxygens (including phenoxy) is 1. The highest BCUT2D eigenvalue weighted by molar-refractivity contribution is 5.92. The number of anilines is 2. The van der Waals surface area contributed by atoms with Gasteiger partial charge in [0.1, 0.15) is 0 Å². The van der Waals surface area contributed by atoms with Crippen LogP contribution in [0.15, 0.2) is 18.2 Å². The van der Waals surface area contributed by atoms with Crippen LogP contribution in [0.4, 0.5) is 11.4 Å². The summed E-state index contributed by atoms with van der Waals surface area (Å²) in [5.74, 6) is -0.302. The van der Waals surface area contributed by atoms with E-state index in [-0.39, 0.29) is 5.97 Å². The van der Waals surface area contributed by atoms with Crippen LogP contribution in [-0.4, -0.2) is 18.6 Å². The zero-order valence-corrected chi connectivity index (χ0v) is 10.0. The Morgan fingerprint density at radius 2 is 2.29 bits per heavy atom. The van der Waals surface area contributed by atoms with Crippen molar-refractivity contribution in [3.05, 3.63) is 23.8 Å². The quantitative estimate of drug-likeness (QED) is 0.620. The van der Waals surface area contributed by atoms with Gasteiger partial charge in [0.2, 0.25) is 0 Å². The summed E-state index contributed by atoms with van der Waals surface area (Å²) >= 11 is 0. The Morgan fingerprint density at radius 3 is 2.88 bits per heavy atom. The lowest BCUT2D eigenvalue weighted by Gasteiger charge is -2.28. The van der Waals surface area contributed by atoms with E-state index < -0.39 is 0 Å². The summed E-state index contributed by atoms with van der Waals surface area (Å²) in [7, 11) is 0. The van der Waals surface area contributed by atoms with Gasteiger partial charge in [0.05, 0.1) is 23.5 Å². The molecule has 17 heavy (non-hydrogen) atoms. The molecule has 2 rings (SSSR count). The van der Waals surface area contributed by atoms with Gasteiger partial charge < -0.3 is 15.8 Å². The molecule has 1 aliphatic rings. The molecule has 1 fully saturated rings. The first-order chi connectivity index (χ1) is 8.20. The minimum atomic E-state index is -0.302. The van der Waals surface area contributed by atoms with Gasteiger partial charge >= 0.3 is 5.97 Å². The lowest BCUT2D eigenvalue weighted by molar-refractivity contribution is 0.0526. The van der Waals surface area contributed by atoms with Crippen molar-refractivity contribution in [2.75, 3.05) is 17.7 Å². The van der Waals surface area contributed by atoms with E-state index in [9.17, 15) is 4.79 Å². The Morgan fingerprint density at radius 1 is 1.53 bits per heavy atom. The fourth-order valence-corrected chi connectivity index (χ4v) is 1.80. The highest BCUT2D eigenvalue weighted by Gasteiger charge is 2.18. The number of carbonyl (C=O) groups excluding carboxylic acids is 1. The predicted octanol–water partition coefficient (Wildman–Crippen LogP) is 2.41. The van der Waals surface area contributed by atoms with Gasteiger partial charge in [0.15, 0.2) is 0 Å². The molecule has 0 spiro atoms. The maximum atomic E-state index is 11.6. The van der Waals surface area contributed by atoms with Crippen molar-refractivity contribution >= 4 is 17.3 Å². The smallest absolute Gasteiger partial charge is 0.338 e. The molecule has 1 aromatic carbocycles. The number of rotatable bonds is 4. The number of hydrogen-bond donors (Lipinski definition) is 2. The van der Waals surface area contributed by atoms with Crippen LogP contribution in [-0.2, 0) is 4.74 Å². The first kappa shape index (κ1) is 11.8. The van der Waals surface area contributed by atoms with E-state index in [1.807, 2.05) is 0 Å². The molecule has 92 valence electrons. The number of carbonyl (C=O) groups is 1. The minimum Gasteiger partial charge on any atom is -0.462 e. The van der Waals surface area contributed by atoms with E-state index in [4.69, 9.17) is 10.5 Å². The van der Waals surface area contributed by atoms with Gasteiger partial charge in [-0.1, -0.05) is 0 Å². The molecule has 0 atom stereocenters. The molecule has 0 heterocycles. The predicted molar refractivity (Wildman–Crippen MR) is 68.1 cm³/mol. The van der Waals surface area contributed by atoms with Crippen LogP contribution in [0.3, 0.4) is 0 Å². The van der Waals surface area contributed by atoms with Crippen molar-refractivity contribution in [3.8, 4) is 0 Å². The maximum absolute atomic E-state index is 11.6. The number of hydrogen-bond acceptors (Lipinski definition) is 4. The molecule has 0 aromatic heterocycles. The molecule has 4 heteroatoms. The minimum absolute atomic E-state index is 0.302. The summed E-state index contributed by atoms with van der Waals surface area (Å²) < 4.78 is 4.96. The molecule has 0 saturated heterocycles. The number of esters is 1. The van der Waals surface area contributed by atoms with Crippen molar-refractivity contribution in [2.24, 2.45) is 0 Å². The van der Waals surface area contributed by atoms with E-state index in [0.29, 0.717) is 23.9 Å². The van der Waals surface area contributed by atoms with Crippen molar-refractivity contribution in [1.29, 1.82) is 0 Å². The molecule has 0 aliphatic heterocycles. The lowest BCUT2D eigenvalue weighted by atomic mass is 9.93. The first-order valence-corrected chi connectivity index (χ1v) is 6.04. The Labute approximate surface area is 101 Å². The van der Waals surface area contributed by atoms with Crippen LogP contribution in [0.1, 0.15) is 36.5 Å². The molecule has 1 aromatic rings. The standard InChI is InChI=1S/C13H18N2O2/c1-2-17-13(16)9-6-7-11(14)12(8-9)15-10-4-3-5-10/h6-8,10,15H,2-5,14H2,1H3. The van der Waals surface area contributed by atoms with Gasteiger partial charge in [0.25, 0.3) is 0 Å². The molecular weight excluding hydrogens is 216 g/mol. The molecule has 0 unspecified atom stereocenters. The van der Waals surface area contributed by atoms with E-state index in [0.717, 1.165) is 5.69 Å². The van der Waals surface area contributed by atoms with Crippen LogP contribution >= 0.6 is 0 Å². The highest BCUT2D eigenvalue weighted by Crippen LogP contribution is 2.27. The van der Waals surface area contributed by atoms with Gasteiger partial charge in [0, 0.05) is 6.04 Å². The lowest BCUT2D eigenvalue weighted by Crippen LogP contribution is -2.27. The van der Waals surface area contributed by atoms with E-state index in [1.54, 1.807) is 25.1 Å². The van der Waals surface area contributed by atoms with E-state index >= 15 is 0 Å². The number of nitrogens with two attached hydrogens (primary N) is 1. The molecular formula is C13H18N2O2. The third kappa shape index (κ3) is 2.70. The van der Waals surface area contributed by atoms with E-state index in [2.05, 4.69) is 5.32 Å². The van der Waals surface area contributed by atoms with Gasteiger partial charge in [-0.25, -0.2) is 4.79 Å². The Bertz CT molecular complexity index is 414. The maximum Gasteiger partial charge on any atom is 0.338 e. The second kappa shape index (κ2) is 5.08. The SMILES string of the molecule is CCOC(=O)c1ccc(N)c(NC2CCC2)c1. The average Bonchev–Trinajstić information content (AvgIpc) is 2.25. The number of benzene rings is 1. The summed E-state index contributed by atoms with van der Waals surface area (Å²) in [5, 5.41) is 3.35. The average molecular weight is 234 g/mol. The molecule has 0 bridgehead atoms. The topological polar surface area (TPSA) is 64.3 Å². The molecule has 4 nitrogen and oxygen atoms in total. The number of nitrogens with one attached hydrogen (secondary N) is 1.